The summed E-state index contributed by atoms with van der Waals surface area (Å²) in [6.45, 7) is 8.90. The molecule has 0 atom stereocenters. The summed E-state index contributed by atoms with van der Waals surface area (Å²) in [6, 6.07) is 14.7. The first-order chi connectivity index (χ1) is 36.2. The van der Waals surface area contributed by atoms with Crippen LogP contribution < -0.4 is 18.9 Å². The van der Waals surface area contributed by atoms with Crippen LogP contribution in [0, 0.1) is 11.6 Å². The van der Waals surface area contributed by atoms with Gasteiger partial charge >= 0.3 is 23.9 Å². The van der Waals surface area contributed by atoms with Gasteiger partial charge in [-0.3, -0.25) is 0 Å². The Morgan fingerprint density at radius 3 is 0.811 bits per heavy atom. The van der Waals surface area contributed by atoms with Gasteiger partial charge in [-0.05, 0) is 86.3 Å². The summed E-state index contributed by atoms with van der Waals surface area (Å²) in [7, 11) is 0. The van der Waals surface area contributed by atoms with Crippen LogP contribution in [0.5, 0.6) is 23.0 Å². The van der Waals surface area contributed by atoms with Gasteiger partial charge in [0.05, 0.1) is 37.6 Å². The van der Waals surface area contributed by atoms with Crippen LogP contribution in [0.25, 0.3) is 0 Å². The van der Waals surface area contributed by atoms with E-state index in [0.717, 1.165) is 63.5 Å². The van der Waals surface area contributed by atoms with Crippen LogP contribution in [0.4, 0.5) is 8.78 Å². The van der Waals surface area contributed by atoms with Crippen molar-refractivity contribution in [3.8, 4) is 23.0 Å². The maximum atomic E-state index is 15.0. The minimum Gasteiger partial charge on any atom is -0.494 e. The number of esters is 4. The monoisotopic (exact) mass is 1030 g/mol. The summed E-state index contributed by atoms with van der Waals surface area (Å²) in [5, 5.41) is 0. The van der Waals surface area contributed by atoms with Crippen molar-refractivity contribution in [3.63, 3.8) is 0 Å². The van der Waals surface area contributed by atoms with E-state index < -0.39 is 35.1 Å². The van der Waals surface area contributed by atoms with E-state index in [-0.39, 0.29) is 23.1 Å². The maximum absolute atomic E-state index is 15.0. The number of hydrogen-bond donors (Lipinski definition) is 0. The molecule has 74 heavy (non-hydrogen) atoms. The van der Waals surface area contributed by atoms with Crippen LogP contribution in [0.3, 0.4) is 0 Å². The summed E-state index contributed by atoms with van der Waals surface area (Å²) in [6.07, 6.45) is 40.9. The van der Waals surface area contributed by atoms with E-state index >= 15 is 8.78 Å². The van der Waals surface area contributed by atoms with Gasteiger partial charge in [0.1, 0.15) is 11.5 Å². The molecular weight excluding hydrogens is 943 g/mol. The highest BCUT2D eigenvalue weighted by Gasteiger charge is 2.21. The van der Waals surface area contributed by atoms with Crippen molar-refractivity contribution < 1.29 is 56.4 Å². The van der Waals surface area contributed by atoms with Crippen LogP contribution in [0.2, 0.25) is 0 Å². The van der Waals surface area contributed by atoms with Gasteiger partial charge in [-0.1, -0.05) is 193 Å². The zero-order valence-electron chi connectivity index (χ0n) is 44.6. The van der Waals surface area contributed by atoms with E-state index in [9.17, 15) is 19.2 Å². The van der Waals surface area contributed by atoms with Gasteiger partial charge in [-0.25, -0.2) is 19.2 Å². The van der Waals surface area contributed by atoms with Gasteiger partial charge in [0, 0.05) is 12.2 Å². The predicted octanol–water partition coefficient (Wildman–Crippen LogP) is 17.1. The average Bonchev–Trinajstić information content (AvgIpc) is 3.41. The van der Waals surface area contributed by atoms with Crippen molar-refractivity contribution in [3.05, 3.63) is 109 Å². The molecule has 0 saturated carbocycles. The van der Waals surface area contributed by atoms with Gasteiger partial charge < -0.3 is 28.4 Å². The Morgan fingerprint density at radius 2 is 0.568 bits per heavy atom. The highest BCUT2D eigenvalue weighted by Crippen LogP contribution is 2.29. The van der Waals surface area contributed by atoms with Crippen LogP contribution in [-0.4, -0.2) is 50.3 Å². The Hall–Kier alpha value is -5.52. The minimum absolute atomic E-state index is 0.136. The first-order valence-corrected chi connectivity index (χ1v) is 28.2. The molecule has 0 spiro atoms. The third-order valence-electron chi connectivity index (χ3n) is 13.0. The molecule has 0 heterocycles. The largest absolute Gasteiger partial charge is 0.494 e. The summed E-state index contributed by atoms with van der Waals surface area (Å²) >= 11 is 0. The molecule has 0 fully saturated rings. The first-order valence-electron chi connectivity index (χ1n) is 28.2. The molecule has 3 rings (SSSR count). The van der Waals surface area contributed by atoms with E-state index in [1.807, 2.05) is 0 Å². The van der Waals surface area contributed by atoms with Gasteiger partial charge in [0.15, 0.2) is 11.5 Å². The number of unbranched alkanes of at least 4 members (excludes halogenated alkanes) is 30. The number of rotatable bonds is 46. The molecular formula is C62H88F2O10. The molecule has 0 aliphatic heterocycles. The van der Waals surface area contributed by atoms with Crippen molar-refractivity contribution >= 4 is 23.9 Å². The van der Waals surface area contributed by atoms with Gasteiger partial charge in [-0.2, -0.15) is 8.78 Å². The molecule has 0 bridgehead atoms. The second kappa shape index (κ2) is 41.8. The Kier molecular flexibility index (Phi) is 35.4. The van der Waals surface area contributed by atoms with E-state index in [1.165, 1.54) is 191 Å². The van der Waals surface area contributed by atoms with Crippen molar-refractivity contribution in [2.24, 2.45) is 0 Å². The zero-order chi connectivity index (χ0) is 53.1. The molecule has 0 saturated heterocycles. The smallest absolute Gasteiger partial charge is 0.343 e. The highest BCUT2D eigenvalue weighted by atomic mass is 19.2. The quantitative estimate of drug-likeness (QED) is 0.0234. The lowest BCUT2D eigenvalue weighted by Crippen LogP contribution is -2.12. The number of carbonyl (C=O) groups is 4. The molecule has 3 aromatic rings. The van der Waals surface area contributed by atoms with Gasteiger partial charge in [0.25, 0.3) is 0 Å². The molecule has 0 aliphatic rings. The highest BCUT2D eigenvalue weighted by molar-refractivity contribution is 5.92. The fraction of sp³-hybridized carbons (Fsp3) is 0.581. The average molecular weight is 1030 g/mol. The summed E-state index contributed by atoms with van der Waals surface area (Å²) in [5.41, 5.74) is 0.272. The number of halogens is 2. The summed E-state index contributed by atoms with van der Waals surface area (Å²) < 4.78 is 62.0. The molecule has 10 nitrogen and oxygen atoms in total. The Balaban J connectivity index is 1.16. The third kappa shape index (κ3) is 30.0. The lowest BCUT2D eigenvalue weighted by Gasteiger charge is -2.11. The molecule has 0 unspecified atom stereocenters. The lowest BCUT2D eigenvalue weighted by atomic mass is 10.0. The minimum atomic E-state index is -1.45. The Bertz CT molecular complexity index is 1860. The van der Waals surface area contributed by atoms with Crippen molar-refractivity contribution in [2.45, 2.75) is 205 Å². The van der Waals surface area contributed by atoms with Gasteiger partial charge in [0.2, 0.25) is 11.6 Å². The van der Waals surface area contributed by atoms with E-state index in [2.05, 4.69) is 13.2 Å². The molecule has 0 amide bonds. The van der Waals surface area contributed by atoms with Crippen LogP contribution in [0.1, 0.15) is 226 Å². The topological polar surface area (TPSA) is 124 Å². The number of hydrogen-bond acceptors (Lipinski definition) is 10. The van der Waals surface area contributed by atoms with Crippen molar-refractivity contribution in [1.29, 1.82) is 0 Å². The molecule has 0 aromatic heterocycles. The van der Waals surface area contributed by atoms with E-state index in [0.29, 0.717) is 37.9 Å². The van der Waals surface area contributed by atoms with Crippen molar-refractivity contribution in [1.82, 2.24) is 0 Å². The molecule has 0 radical (unpaired) electrons. The zero-order valence-corrected chi connectivity index (χ0v) is 44.6. The number of carbonyl (C=O) groups excluding carboxylic acids is 4. The first kappa shape index (κ1) is 62.8. The molecule has 3 aromatic carbocycles. The van der Waals surface area contributed by atoms with E-state index in [4.69, 9.17) is 28.4 Å². The summed E-state index contributed by atoms with van der Waals surface area (Å²) in [5.74, 6) is -5.41. The van der Waals surface area contributed by atoms with Crippen molar-refractivity contribution in [2.75, 3.05) is 26.4 Å². The lowest BCUT2D eigenvalue weighted by molar-refractivity contribution is -0.138. The predicted molar refractivity (Wildman–Crippen MR) is 290 cm³/mol. The van der Waals surface area contributed by atoms with Crippen LogP contribution in [0.15, 0.2) is 86.0 Å². The normalized spacial score (nSPS) is 10.9. The van der Waals surface area contributed by atoms with Crippen LogP contribution >= 0.6 is 0 Å². The standard InChI is InChI=1S/C62H88F2O10/c1-3-57(65)71-49-35-31-27-23-19-15-11-7-5-9-13-17-21-25-29-33-47-69-53-41-37-51(38-42-53)61(67)73-55-45-46-56(60(64)59(55)63)74-62(68)52-39-43-54(44-40-52)70-48-34-30-26-22-18-14-10-6-8-12-16-20-24-28-32-36-50-72-58(66)4-2/h3-4,37-46H,1-2,5-36,47-50H2. The fourth-order valence-electron chi connectivity index (χ4n) is 8.57. The fourth-order valence-corrected chi connectivity index (χ4v) is 8.57. The number of benzene rings is 3. The second-order valence-corrected chi connectivity index (χ2v) is 19.3. The van der Waals surface area contributed by atoms with E-state index in [1.54, 1.807) is 24.3 Å². The molecule has 12 heteroatoms. The van der Waals surface area contributed by atoms with Gasteiger partial charge in [-0.15, -0.1) is 0 Å². The third-order valence-corrected chi connectivity index (χ3v) is 13.0. The molecule has 410 valence electrons. The summed E-state index contributed by atoms with van der Waals surface area (Å²) in [4.78, 5) is 47.6. The van der Waals surface area contributed by atoms with Crippen LogP contribution in [-0.2, 0) is 19.1 Å². The second-order valence-electron chi connectivity index (χ2n) is 19.3. The molecule has 0 N–H and O–H groups in total. The Morgan fingerprint density at radius 1 is 0.338 bits per heavy atom. The molecule has 0 aliphatic carbocycles. The maximum Gasteiger partial charge on any atom is 0.343 e. The Labute approximate surface area is 442 Å². The SMILES string of the molecule is C=CC(=O)OCCCCCCCCCCCCCCCCCCOc1ccc(C(=O)Oc2ccc(OC(=O)c3ccc(OCCCCCCCCCCCCCCCCCCOC(=O)C=C)cc3)c(F)c2F)cc1. The number of ether oxygens (including phenoxy) is 6.